The highest BCUT2D eigenvalue weighted by atomic mass is 32.1. The van der Waals surface area contributed by atoms with Gasteiger partial charge in [0.2, 0.25) is 0 Å². The minimum Gasteiger partial charge on any atom is -0.465 e. The third-order valence-electron chi connectivity index (χ3n) is 2.23. The van der Waals surface area contributed by atoms with Crippen LogP contribution in [0.25, 0.3) is 0 Å². The molecule has 88 valence electrons. The number of thiophene rings is 1. The van der Waals surface area contributed by atoms with Gasteiger partial charge in [-0.1, -0.05) is 0 Å². The molecule has 6 heteroatoms. The summed E-state index contributed by atoms with van der Waals surface area (Å²) in [5.41, 5.74) is 1.49. The van der Waals surface area contributed by atoms with Crippen LogP contribution in [0.1, 0.15) is 20.8 Å². The molecular formula is C10H14N2O2S2. The number of carbonyl (C=O) groups is 1. The summed E-state index contributed by atoms with van der Waals surface area (Å²) in [5.74, 6) is -0.344. The molecule has 0 radical (unpaired) electrons. The molecule has 0 saturated carbocycles. The lowest BCUT2D eigenvalue weighted by atomic mass is 10.1. The number of methoxy groups -OCH3 is 1. The predicted molar refractivity (Wildman–Crippen MR) is 70.4 cm³/mol. The topological polar surface area (TPSA) is 50.4 Å². The molecule has 4 nitrogen and oxygen atoms in total. The largest absolute Gasteiger partial charge is 0.465 e. The van der Waals surface area contributed by atoms with Crippen LogP contribution in [0.4, 0.5) is 5.00 Å². The molecule has 1 aromatic heterocycles. The second-order valence-electron chi connectivity index (χ2n) is 3.18. The highest BCUT2D eigenvalue weighted by molar-refractivity contribution is 7.80. The van der Waals surface area contributed by atoms with Crippen LogP contribution in [0.2, 0.25) is 0 Å². The summed E-state index contributed by atoms with van der Waals surface area (Å²) in [6, 6.07) is 0. The van der Waals surface area contributed by atoms with Gasteiger partial charge in [-0.25, -0.2) is 4.79 Å². The van der Waals surface area contributed by atoms with E-state index in [0.717, 1.165) is 15.4 Å². The zero-order valence-electron chi connectivity index (χ0n) is 9.63. The summed E-state index contributed by atoms with van der Waals surface area (Å²) in [6.07, 6.45) is 0. The second kappa shape index (κ2) is 5.27. The van der Waals surface area contributed by atoms with Crippen molar-refractivity contribution < 1.29 is 9.53 Å². The minimum absolute atomic E-state index is 0.344. The van der Waals surface area contributed by atoms with Gasteiger partial charge < -0.3 is 15.4 Å². The van der Waals surface area contributed by atoms with E-state index in [-0.39, 0.29) is 5.97 Å². The normalized spacial score (nSPS) is 9.75. The van der Waals surface area contributed by atoms with Gasteiger partial charge in [0, 0.05) is 11.9 Å². The molecule has 0 aliphatic rings. The van der Waals surface area contributed by atoms with Gasteiger partial charge in [-0.2, -0.15) is 0 Å². The molecule has 16 heavy (non-hydrogen) atoms. The van der Waals surface area contributed by atoms with Crippen LogP contribution in [-0.4, -0.2) is 25.2 Å². The monoisotopic (exact) mass is 258 g/mol. The van der Waals surface area contributed by atoms with Crippen molar-refractivity contribution in [3.8, 4) is 0 Å². The highest BCUT2D eigenvalue weighted by Gasteiger charge is 2.20. The van der Waals surface area contributed by atoms with Crippen molar-refractivity contribution in [1.29, 1.82) is 0 Å². The Labute approximate surface area is 104 Å². The quantitative estimate of drug-likeness (QED) is 0.628. The molecule has 0 fully saturated rings. The zero-order chi connectivity index (χ0) is 12.3. The number of anilines is 1. The Balaban J connectivity index is 3.13. The maximum absolute atomic E-state index is 11.6. The number of esters is 1. The Hall–Kier alpha value is -1.14. The molecule has 0 aliphatic heterocycles. The molecule has 1 aromatic rings. The molecule has 0 aliphatic carbocycles. The van der Waals surface area contributed by atoms with E-state index in [9.17, 15) is 4.79 Å². The minimum atomic E-state index is -0.344. The van der Waals surface area contributed by atoms with E-state index >= 15 is 0 Å². The summed E-state index contributed by atoms with van der Waals surface area (Å²) in [6.45, 7) is 3.85. The lowest BCUT2D eigenvalue weighted by Crippen LogP contribution is -2.24. The molecule has 1 heterocycles. The first-order valence-electron chi connectivity index (χ1n) is 4.68. The molecule has 2 N–H and O–H groups in total. The van der Waals surface area contributed by atoms with E-state index in [0.29, 0.717) is 10.7 Å². The van der Waals surface area contributed by atoms with Crippen LogP contribution in [0.3, 0.4) is 0 Å². The number of rotatable bonds is 2. The van der Waals surface area contributed by atoms with Crippen molar-refractivity contribution in [2.24, 2.45) is 0 Å². The summed E-state index contributed by atoms with van der Waals surface area (Å²) in [5, 5.41) is 6.98. The Kier molecular flexibility index (Phi) is 4.26. The van der Waals surface area contributed by atoms with E-state index in [2.05, 4.69) is 10.6 Å². The molecule has 0 unspecified atom stereocenters. The molecule has 0 aromatic carbocycles. The van der Waals surface area contributed by atoms with Crippen LogP contribution in [0, 0.1) is 13.8 Å². The number of ether oxygens (including phenoxy) is 1. The number of aryl methyl sites for hydroxylation is 1. The summed E-state index contributed by atoms with van der Waals surface area (Å²) >= 11 is 6.49. The average Bonchev–Trinajstić information content (AvgIpc) is 2.53. The van der Waals surface area contributed by atoms with Crippen molar-refractivity contribution in [2.45, 2.75) is 13.8 Å². The van der Waals surface area contributed by atoms with Crippen molar-refractivity contribution in [3.63, 3.8) is 0 Å². The van der Waals surface area contributed by atoms with Crippen LogP contribution in [0.15, 0.2) is 0 Å². The number of nitrogens with one attached hydrogen (secondary N) is 2. The molecular weight excluding hydrogens is 244 g/mol. The fraction of sp³-hybridized carbons (Fsp3) is 0.400. The first kappa shape index (κ1) is 12.9. The third kappa shape index (κ3) is 2.51. The van der Waals surface area contributed by atoms with Gasteiger partial charge in [-0.05, 0) is 31.6 Å². The molecule has 0 amide bonds. The van der Waals surface area contributed by atoms with E-state index in [4.69, 9.17) is 17.0 Å². The summed E-state index contributed by atoms with van der Waals surface area (Å²) < 4.78 is 4.75. The highest BCUT2D eigenvalue weighted by Crippen LogP contribution is 2.32. The van der Waals surface area contributed by atoms with Gasteiger partial charge in [0.25, 0.3) is 0 Å². The van der Waals surface area contributed by atoms with Crippen LogP contribution < -0.4 is 10.6 Å². The zero-order valence-corrected chi connectivity index (χ0v) is 11.3. The smallest absolute Gasteiger partial charge is 0.341 e. The van der Waals surface area contributed by atoms with Gasteiger partial charge in [-0.3, -0.25) is 0 Å². The lowest BCUT2D eigenvalue weighted by molar-refractivity contribution is 0.0601. The SMILES string of the molecule is CNC(=S)Nc1sc(C)c(C)c1C(=O)OC. The van der Waals surface area contributed by atoms with Gasteiger partial charge in [0.1, 0.15) is 5.00 Å². The van der Waals surface area contributed by atoms with Crippen LogP contribution >= 0.6 is 23.6 Å². The number of thiocarbonyl (C=S) groups is 1. The second-order valence-corrected chi connectivity index (χ2v) is 4.82. The average molecular weight is 258 g/mol. The van der Waals surface area contributed by atoms with E-state index in [1.54, 1.807) is 7.05 Å². The van der Waals surface area contributed by atoms with Gasteiger partial charge in [0.15, 0.2) is 5.11 Å². The van der Waals surface area contributed by atoms with Crippen LogP contribution in [-0.2, 0) is 4.74 Å². The van der Waals surface area contributed by atoms with E-state index in [1.807, 2.05) is 13.8 Å². The standard InChI is InChI=1S/C10H14N2O2S2/c1-5-6(2)16-8(12-10(15)11-3)7(5)9(13)14-4/h1-4H3,(H2,11,12,15). The van der Waals surface area contributed by atoms with Crippen molar-refractivity contribution in [2.75, 3.05) is 19.5 Å². The number of hydrogen-bond donors (Lipinski definition) is 2. The summed E-state index contributed by atoms with van der Waals surface area (Å²) in [4.78, 5) is 12.7. The molecule has 0 atom stereocenters. The first-order chi connectivity index (χ1) is 7.51. The summed E-state index contributed by atoms with van der Waals surface area (Å²) in [7, 11) is 3.09. The Morgan fingerprint density at radius 2 is 2.06 bits per heavy atom. The Bertz CT molecular complexity index is 427. The molecule has 1 rings (SSSR count). The van der Waals surface area contributed by atoms with E-state index in [1.165, 1.54) is 18.4 Å². The first-order valence-corrected chi connectivity index (χ1v) is 5.90. The van der Waals surface area contributed by atoms with Gasteiger partial charge >= 0.3 is 5.97 Å². The van der Waals surface area contributed by atoms with Crippen molar-refractivity contribution in [1.82, 2.24) is 5.32 Å². The number of hydrogen-bond acceptors (Lipinski definition) is 4. The van der Waals surface area contributed by atoms with Crippen LogP contribution in [0.5, 0.6) is 0 Å². The lowest BCUT2D eigenvalue weighted by Gasteiger charge is -2.07. The third-order valence-corrected chi connectivity index (χ3v) is 3.66. The maximum atomic E-state index is 11.6. The molecule has 0 bridgehead atoms. The van der Waals surface area contributed by atoms with Crippen molar-refractivity contribution in [3.05, 3.63) is 16.0 Å². The van der Waals surface area contributed by atoms with Crippen molar-refractivity contribution >= 4 is 39.6 Å². The van der Waals surface area contributed by atoms with E-state index < -0.39 is 0 Å². The fourth-order valence-electron chi connectivity index (χ4n) is 1.23. The van der Waals surface area contributed by atoms with Gasteiger partial charge in [-0.15, -0.1) is 11.3 Å². The van der Waals surface area contributed by atoms with Gasteiger partial charge in [0.05, 0.1) is 12.7 Å². The Morgan fingerprint density at radius 3 is 2.56 bits per heavy atom. The molecule has 0 spiro atoms. The predicted octanol–water partition coefficient (Wildman–Crippen LogP) is 2.07. The Morgan fingerprint density at radius 1 is 1.44 bits per heavy atom. The maximum Gasteiger partial charge on any atom is 0.341 e. The fourth-order valence-corrected chi connectivity index (χ4v) is 2.45. The molecule has 0 saturated heterocycles. The number of carbonyl (C=O) groups excluding carboxylic acids is 1.